The Hall–Kier alpha value is -1.10. The van der Waals surface area contributed by atoms with Gasteiger partial charge in [-0.2, -0.15) is 0 Å². The molecule has 1 fully saturated rings. The fraction of sp³-hybridized carbons (Fsp3) is 0.857. The van der Waals surface area contributed by atoms with Gasteiger partial charge in [0, 0.05) is 19.7 Å². The fourth-order valence-electron chi connectivity index (χ4n) is 2.70. The summed E-state index contributed by atoms with van der Waals surface area (Å²) in [5, 5.41) is 9.07. The van der Waals surface area contributed by atoms with Crippen molar-refractivity contribution in [3.8, 4) is 0 Å². The van der Waals surface area contributed by atoms with E-state index in [2.05, 4.69) is 13.8 Å². The summed E-state index contributed by atoms with van der Waals surface area (Å²) in [5.74, 6) is -1.69. The molecule has 5 heteroatoms. The Labute approximate surface area is 114 Å². The number of hydrogen-bond donors (Lipinski definition) is 1. The maximum absolute atomic E-state index is 12.5. The summed E-state index contributed by atoms with van der Waals surface area (Å²) in [6, 6.07) is 0.178. The average molecular weight is 271 g/mol. The van der Waals surface area contributed by atoms with Crippen molar-refractivity contribution in [2.24, 2.45) is 11.8 Å². The van der Waals surface area contributed by atoms with Crippen LogP contribution >= 0.6 is 0 Å². The summed E-state index contributed by atoms with van der Waals surface area (Å²) in [6.07, 6.45) is 3.08. The van der Waals surface area contributed by atoms with Gasteiger partial charge < -0.3 is 14.7 Å². The molecule has 110 valence electrons. The highest BCUT2D eigenvalue weighted by Gasteiger charge is 2.43. The van der Waals surface area contributed by atoms with Gasteiger partial charge in [-0.15, -0.1) is 0 Å². The predicted molar refractivity (Wildman–Crippen MR) is 71.8 cm³/mol. The second-order valence-electron chi connectivity index (χ2n) is 5.12. The highest BCUT2D eigenvalue weighted by atomic mass is 16.5. The Morgan fingerprint density at radius 3 is 2.21 bits per heavy atom. The van der Waals surface area contributed by atoms with Crippen LogP contribution in [0.5, 0.6) is 0 Å². The number of amides is 1. The molecule has 2 atom stereocenters. The molecule has 1 amide bonds. The molecular weight excluding hydrogens is 246 g/mol. The molecule has 0 bridgehead atoms. The molecule has 1 rings (SSSR count). The molecular formula is C14H25NO4. The number of ether oxygens (including phenoxy) is 1. The zero-order valence-corrected chi connectivity index (χ0v) is 12.1. The summed E-state index contributed by atoms with van der Waals surface area (Å²) in [7, 11) is 1.61. The second kappa shape index (κ2) is 7.48. The van der Waals surface area contributed by atoms with E-state index in [1.807, 2.05) is 4.90 Å². The smallest absolute Gasteiger partial charge is 0.307 e. The van der Waals surface area contributed by atoms with Crippen molar-refractivity contribution in [2.75, 3.05) is 20.3 Å². The fourth-order valence-corrected chi connectivity index (χ4v) is 2.70. The van der Waals surface area contributed by atoms with Gasteiger partial charge in [0.25, 0.3) is 0 Å². The summed E-state index contributed by atoms with van der Waals surface area (Å²) in [4.78, 5) is 25.4. The first-order valence-corrected chi connectivity index (χ1v) is 7.08. The Balaban J connectivity index is 2.73. The number of carboxylic acid groups (broad SMARTS) is 1. The van der Waals surface area contributed by atoms with Gasteiger partial charge in [0.15, 0.2) is 0 Å². The van der Waals surface area contributed by atoms with Gasteiger partial charge in [0.1, 0.15) is 0 Å². The van der Waals surface area contributed by atoms with E-state index in [1.165, 1.54) is 0 Å². The van der Waals surface area contributed by atoms with E-state index in [-0.39, 0.29) is 17.9 Å². The lowest BCUT2D eigenvalue weighted by molar-refractivity contribution is -0.158. The molecule has 0 heterocycles. The minimum atomic E-state index is -0.846. The molecule has 0 aliphatic heterocycles. The monoisotopic (exact) mass is 271 g/mol. The Morgan fingerprint density at radius 2 is 1.84 bits per heavy atom. The van der Waals surface area contributed by atoms with Gasteiger partial charge >= 0.3 is 5.97 Å². The summed E-state index contributed by atoms with van der Waals surface area (Å²) < 4.78 is 5.06. The highest BCUT2D eigenvalue weighted by Crippen LogP contribution is 2.36. The molecule has 0 aromatic carbocycles. The number of rotatable bonds is 8. The number of methoxy groups -OCH3 is 1. The van der Waals surface area contributed by atoms with Crippen LogP contribution in [0, 0.1) is 11.8 Å². The lowest BCUT2D eigenvalue weighted by atomic mass is 9.72. The van der Waals surface area contributed by atoms with E-state index in [0.29, 0.717) is 26.0 Å². The molecule has 0 spiro atoms. The Morgan fingerprint density at radius 1 is 1.26 bits per heavy atom. The normalized spacial score (nSPS) is 22.1. The van der Waals surface area contributed by atoms with Crippen LogP contribution < -0.4 is 0 Å². The van der Waals surface area contributed by atoms with Crippen LogP contribution in [-0.4, -0.2) is 48.2 Å². The molecule has 0 aromatic rings. The standard InChI is InChI=1S/C14H25NO4/c1-4-10(5-2)15(8-9-19-3)13(16)11-6-7-12(11)14(17)18/h10-12H,4-9H2,1-3H3,(H,17,18). The maximum Gasteiger partial charge on any atom is 0.307 e. The minimum absolute atomic E-state index is 0.00981. The van der Waals surface area contributed by atoms with Gasteiger partial charge in [-0.25, -0.2) is 0 Å². The SMILES string of the molecule is CCC(CC)N(CCOC)C(=O)C1CCC1C(=O)O. The first-order chi connectivity index (χ1) is 9.06. The number of carbonyl (C=O) groups is 2. The van der Waals surface area contributed by atoms with Crippen molar-refractivity contribution in [1.82, 2.24) is 4.90 Å². The summed E-state index contributed by atoms with van der Waals surface area (Å²) in [5.41, 5.74) is 0. The van der Waals surface area contributed by atoms with Crippen molar-refractivity contribution in [2.45, 2.75) is 45.6 Å². The predicted octanol–water partition coefficient (Wildman–Crippen LogP) is 1.76. The Kier molecular flexibility index (Phi) is 6.28. The molecule has 5 nitrogen and oxygen atoms in total. The zero-order chi connectivity index (χ0) is 14.4. The summed E-state index contributed by atoms with van der Waals surface area (Å²) in [6.45, 7) is 5.14. The van der Waals surface area contributed by atoms with Crippen molar-refractivity contribution < 1.29 is 19.4 Å². The molecule has 0 aromatic heterocycles. The van der Waals surface area contributed by atoms with E-state index in [0.717, 1.165) is 12.8 Å². The Bertz CT molecular complexity index is 315. The number of aliphatic carboxylic acids is 1. The van der Waals surface area contributed by atoms with Crippen LogP contribution in [0.15, 0.2) is 0 Å². The molecule has 0 saturated heterocycles. The van der Waals surface area contributed by atoms with E-state index in [9.17, 15) is 9.59 Å². The van der Waals surface area contributed by atoms with Crippen LogP contribution in [0.25, 0.3) is 0 Å². The molecule has 2 unspecified atom stereocenters. The zero-order valence-electron chi connectivity index (χ0n) is 12.1. The first kappa shape index (κ1) is 16.0. The average Bonchev–Trinajstić information content (AvgIpc) is 2.32. The summed E-state index contributed by atoms with van der Waals surface area (Å²) >= 11 is 0. The second-order valence-corrected chi connectivity index (χ2v) is 5.12. The third kappa shape index (κ3) is 3.69. The number of carboxylic acids is 1. The van der Waals surface area contributed by atoms with Crippen LogP contribution in [-0.2, 0) is 14.3 Å². The van der Waals surface area contributed by atoms with Crippen LogP contribution in [0.3, 0.4) is 0 Å². The topological polar surface area (TPSA) is 66.8 Å². The maximum atomic E-state index is 12.5. The van der Waals surface area contributed by atoms with Crippen molar-refractivity contribution in [1.29, 1.82) is 0 Å². The third-order valence-electron chi connectivity index (χ3n) is 4.11. The van der Waals surface area contributed by atoms with Crippen LogP contribution in [0.2, 0.25) is 0 Å². The molecule has 1 aliphatic carbocycles. The van der Waals surface area contributed by atoms with Crippen LogP contribution in [0.1, 0.15) is 39.5 Å². The highest BCUT2D eigenvalue weighted by molar-refractivity contribution is 5.86. The van der Waals surface area contributed by atoms with E-state index < -0.39 is 11.9 Å². The quantitative estimate of drug-likeness (QED) is 0.730. The van der Waals surface area contributed by atoms with Gasteiger partial charge in [-0.05, 0) is 25.7 Å². The molecule has 1 saturated carbocycles. The molecule has 1 aliphatic rings. The minimum Gasteiger partial charge on any atom is -0.481 e. The largest absolute Gasteiger partial charge is 0.481 e. The molecule has 1 N–H and O–H groups in total. The lowest BCUT2D eigenvalue weighted by Crippen LogP contribution is -2.50. The first-order valence-electron chi connectivity index (χ1n) is 7.08. The molecule has 19 heavy (non-hydrogen) atoms. The van der Waals surface area contributed by atoms with Crippen LogP contribution in [0.4, 0.5) is 0 Å². The van der Waals surface area contributed by atoms with Crippen molar-refractivity contribution >= 4 is 11.9 Å². The van der Waals surface area contributed by atoms with Crippen molar-refractivity contribution in [3.63, 3.8) is 0 Å². The third-order valence-corrected chi connectivity index (χ3v) is 4.11. The molecule has 0 radical (unpaired) electrons. The van der Waals surface area contributed by atoms with E-state index in [1.54, 1.807) is 7.11 Å². The van der Waals surface area contributed by atoms with Gasteiger partial charge in [-0.3, -0.25) is 9.59 Å². The van der Waals surface area contributed by atoms with Gasteiger partial charge in [0.2, 0.25) is 5.91 Å². The van der Waals surface area contributed by atoms with Gasteiger partial charge in [-0.1, -0.05) is 13.8 Å². The number of nitrogens with zero attached hydrogens (tertiary/aromatic N) is 1. The van der Waals surface area contributed by atoms with Crippen molar-refractivity contribution in [3.05, 3.63) is 0 Å². The van der Waals surface area contributed by atoms with Gasteiger partial charge in [0.05, 0.1) is 18.4 Å². The lowest BCUT2D eigenvalue weighted by Gasteiger charge is -2.39. The van der Waals surface area contributed by atoms with E-state index >= 15 is 0 Å². The number of hydrogen-bond acceptors (Lipinski definition) is 3. The van der Waals surface area contributed by atoms with E-state index in [4.69, 9.17) is 9.84 Å². The number of carbonyl (C=O) groups excluding carboxylic acids is 1.